The van der Waals surface area contributed by atoms with Gasteiger partial charge in [0.1, 0.15) is 0 Å². The monoisotopic (exact) mass is 344 g/mol. The number of amides is 1. The van der Waals surface area contributed by atoms with Gasteiger partial charge >= 0.3 is 0 Å². The summed E-state index contributed by atoms with van der Waals surface area (Å²) in [6.07, 6.45) is 4.35. The predicted molar refractivity (Wildman–Crippen MR) is 100 cm³/mol. The Kier molecular flexibility index (Phi) is 6.88. The van der Waals surface area contributed by atoms with Gasteiger partial charge in [-0.05, 0) is 44.7 Å². The van der Waals surface area contributed by atoms with Crippen molar-refractivity contribution in [2.75, 3.05) is 45.9 Å². The summed E-state index contributed by atoms with van der Waals surface area (Å²) in [7, 11) is 0. The van der Waals surface area contributed by atoms with Crippen molar-refractivity contribution in [3.05, 3.63) is 35.9 Å². The van der Waals surface area contributed by atoms with E-state index < -0.39 is 0 Å². The van der Waals surface area contributed by atoms with Gasteiger partial charge in [-0.3, -0.25) is 4.79 Å². The third kappa shape index (κ3) is 5.29. The average molecular weight is 344 g/mol. The first-order chi connectivity index (χ1) is 12.3. The second-order valence-electron chi connectivity index (χ2n) is 7.47. The summed E-state index contributed by atoms with van der Waals surface area (Å²) in [6.45, 7) is 8.51. The lowest BCUT2D eigenvalue weighted by Crippen LogP contribution is -2.44. The van der Waals surface area contributed by atoms with E-state index in [4.69, 9.17) is 4.74 Å². The Morgan fingerprint density at radius 3 is 2.80 bits per heavy atom. The number of rotatable bonds is 7. The average Bonchev–Trinajstić information content (AvgIpc) is 3.14. The van der Waals surface area contributed by atoms with Crippen molar-refractivity contribution >= 4 is 5.91 Å². The highest BCUT2D eigenvalue weighted by Gasteiger charge is 2.33. The molecule has 0 saturated carbocycles. The molecule has 0 N–H and O–H groups in total. The SMILES string of the molecule is CCOC[C@@H]1CCN(C(=O)[C@H]2CCCN(CCc3ccccc3)C2)C1. The van der Waals surface area contributed by atoms with E-state index >= 15 is 0 Å². The van der Waals surface area contributed by atoms with Gasteiger partial charge in [0.05, 0.1) is 12.5 Å². The molecule has 138 valence electrons. The molecule has 0 unspecified atom stereocenters. The smallest absolute Gasteiger partial charge is 0.226 e. The van der Waals surface area contributed by atoms with E-state index in [0.717, 1.165) is 71.6 Å². The zero-order valence-corrected chi connectivity index (χ0v) is 15.5. The molecule has 2 aliphatic rings. The summed E-state index contributed by atoms with van der Waals surface area (Å²) >= 11 is 0. The molecule has 2 heterocycles. The third-order valence-electron chi connectivity index (χ3n) is 5.57. The lowest BCUT2D eigenvalue weighted by Gasteiger charge is -2.34. The van der Waals surface area contributed by atoms with Crippen LogP contribution >= 0.6 is 0 Å². The van der Waals surface area contributed by atoms with Crippen LogP contribution in [-0.2, 0) is 16.0 Å². The minimum atomic E-state index is 0.190. The van der Waals surface area contributed by atoms with Crippen LogP contribution in [0.2, 0.25) is 0 Å². The van der Waals surface area contributed by atoms with Crippen LogP contribution in [0.1, 0.15) is 31.7 Å². The van der Waals surface area contributed by atoms with Crippen molar-refractivity contribution in [2.24, 2.45) is 11.8 Å². The molecule has 2 fully saturated rings. The predicted octanol–water partition coefficient (Wildman–Crippen LogP) is 2.83. The highest BCUT2D eigenvalue weighted by molar-refractivity contribution is 5.79. The molecule has 1 aromatic carbocycles. The van der Waals surface area contributed by atoms with Gasteiger partial charge < -0.3 is 14.5 Å². The Morgan fingerprint density at radius 1 is 1.16 bits per heavy atom. The lowest BCUT2D eigenvalue weighted by molar-refractivity contribution is -0.136. The van der Waals surface area contributed by atoms with Crippen LogP contribution < -0.4 is 0 Å². The van der Waals surface area contributed by atoms with Crippen molar-refractivity contribution in [3.63, 3.8) is 0 Å². The van der Waals surface area contributed by atoms with Crippen LogP contribution in [0.3, 0.4) is 0 Å². The summed E-state index contributed by atoms with van der Waals surface area (Å²) < 4.78 is 5.54. The third-order valence-corrected chi connectivity index (χ3v) is 5.57. The molecule has 2 saturated heterocycles. The van der Waals surface area contributed by atoms with Gasteiger partial charge in [0, 0.05) is 38.7 Å². The maximum absolute atomic E-state index is 12.9. The number of carbonyl (C=O) groups is 1. The maximum atomic E-state index is 12.9. The molecule has 0 bridgehead atoms. The molecule has 0 radical (unpaired) electrons. The fourth-order valence-electron chi connectivity index (χ4n) is 4.10. The first kappa shape index (κ1) is 18.4. The summed E-state index contributed by atoms with van der Waals surface area (Å²) in [5, 5.41) is 0. The number of hydrogen-bond donors (Lipinski definition) is 0. The molecule has 0 aromatic heterocycles. The minimum absolute atomic E-state index is 0.190. The normalized spacial score (nSPS) is 24.6. The van der Waals surface area contributed by atoms with E-state index in [9.17, 15) is 4.79 Å². The number of benzene rings is 1. The van der Waals surface area contributed by atoms with E-state index in [1.807, 2.05) is 6.92 Å². The lowest BCUT2D eigenvalue weighted by atomic mass is 9.96. The van der Waals surface area contributed by atoms with Crippen molar-refractivity contribution in [1.82, 2.24) is 9.80 Å². The first-order valence-electron chi connectivity index (χ1n) is 9.89. The molecule has 4 heteroatoms. The minimum Gasteiger partial charge on any atom is -0.381 e. The molecule has 4 nitrogen and oxygen atoms in total. The van der Waals surface area contributed by atoms with Gasteiger partial charge in [0.25, 0.3) is 0 Å². The van der Waals surface area contributed by atoms with Gasteiger partial charge in [0.15, 0.2) is 0 Å². The largest absolute Gasteiger partial charge is 0.381 e. The summed E-state index contributed by atoms with van der Waals surface area (Å²) in [5.74, 6) is 1.10. The van der Waals surface area contributed by atoms with E-state index in [0.29, 0.717) is 11.8 Å². The Bertz CT molecular complexity index is 534. The highest BCUT2D eigenvalue weighted by atomic mass is 16.5. The van der Waals surface area contributed by atoms with Crippen LogP contribution in [0.25, 0.3) is 0 Å². The van der Waals surface area contributed by atoms with Crippen molar-refractivity contribution < 1.29 is 9.53 Å². The summed E-state index contributed by atoms with van der Waals surface area (Å²) in [4.78, 5) is 17.5. The van der Waals surface area contributed by atoms with Crippen LogP contribution in [0.4, 0.5) is 0 Å². The standard InChI is InChI=1S/C21H32N2O2/c1-2-25-17-19-11-14-23(15-19)21(24)20-9-6-12-22(16-20)13-10-18-7-4-3-5-8-18/h3-5,7-8,19-20H,2,6,9-17H2,1H3/t19-,20+/m1/s1. The van der Waals surface area contributed by atoms with E-state index in [2.05, 4.69) is 40.1 Å². The molecule has 1 amide bonds. The zero-order valence-electron chi connectivity index (χ0n) is 15.5. The molecular formula is C21H32N2O2. The number of likely N-dealkylation sites (tertiary alicyclic amines) is 2. The van der Waals surface area contributed by atoms with Crippen molar-refractivity contribution in [3.8, 4) is 0 Å². The molecule has 2 atom stereocenters. The van der Waals surface area contributed by atoms with Gasteiger partial charge in [-0.25, -0.2) is 0 Å². The molecule has 25 heavy (non-hydrogen) atoms. The Labute approximate surface area is 152 Å². The zero-order chi connectivity index (χ0) is 17.5. The molecule has 2 aliphatic heterocycles. The molecule has 0 spiro atoms. The van der Waals surface area contributed by atoms with E-state index in [1.54, 1.807) is 0 Å². The molecule has 3 rings (SSSR count). The number of carbonyl (C=O) groups excluding carboxylic acids is 1. The summed E-state index contributed by atoms with van der Waals surface area (Å²) in [5.41, 5.74) is 1.38. The highest BCUT2D eigenvalue weighted by Crippen LogP contribution is 2.24. The second-order valence-corrected chi connectivity index (χ2v) is 7.47. The van der Waals surface area contributed by atoms with Gasteiger partial charge in [-0.15, -0.1) is 0 Å². The maximum Gasteiger partial charge on any atom is 0.226 e. The first-order valence-corrected chi connectivity index (χ1v) is 9.89. The fourth-order valence-corrected chi connectivity index (χ4v) is 4.10. The van der Waals surface area contributed by atoms with Gasteiger partial charge in [-0.2, -0.15) is 0 Å². The van der Waals surface area contributed by atoms with E-state index in [-0.39, 0.29) is 5.92 Å². The van der Waals surface area contributed by atoms with Crippen LogP contribution in [-0.4, -0.2) is 61.6 Å². The van der Waals surface area contributed by atoms with Gasteiger partial charge in [-0.1, -0.05) is 30.3 Å². The number of nitrogens with zero attached hydrogens (tertiary/aromatic N) is 2. The van der Waals surface area contributed by atoms with Crippen LogP contribution in [0.15, 0.2) is 30.3 Å². The summed E-state index contributed by atoms with van der Waals surface area (Å²) in [6, 6.07) is 10.6. The van der Waals surface area contributed by atoms with Gasteiger partial charge in [0.2, 0.25) is 5.91 Å². The van der Waals surface area contributed by atoms with E-state index in [1.165, 1.54) is 5.56 Å². The second kappa shape index (κ2) is 9.35. The topological polar surface area (TPSA) is 32.8 Å². The molecule has 1 aromatic rings. The Hall–Kier alpha value is -1.39. The number of hydrogen-bond acceptors (Lipinski definition) is 3. The quantitative estimate of drug-likeness (QED) is 0.762. The Balaban J connectivity index is 1.45. The van der Waals surface area contributed by atoms with Crippen molar-refractivity contribution in [1.29, 1.82) is 0 Å². The Morgan fingerprint density at radius 2 is 2.00 bits per heavy atom. The fraction of sp³-hybridized carbons (Fsp3) is 0.667. The molecule has 0 aliphatic carbocycles. The van der Waals surface area contributed by atoms with Crippen LogP contribution in [0, 0.1) is 11.8 Å². The molecular weight excluding hydrogens is 312 g/mol. The van der Waals surface area contributed by atoms with Crippen molar-refractivity contribution in [2.45, 2.75) is 32.6 Å². The number of ether oxygens (including phenoxy) is 1. The number of piperidine rings is 1. The van der Waals surface area contributed by atoms with Crippen LogP contribution in [0.5, 0.6) is 0 Å².